The van der Waals surface area contributed by atoms with Crippen molar-refractivity contribution in [3.8, 4) is 0 Å². The Balaban J connectivity index is 1.26. The van der Waals surface area contributed by atoms with Gasteiger partial charge in [0.1, 0.15) is 0 Å². The van der Waals surface area contributed by atoms with Crippen LogP contribution in [0.5, 0.6) is 0 Å². The van der Waals surface area contributed by atoms with Gasteiger partial charge in [0.05, 0.1) is 0 Å². The van der Waals surface area contributed by atoms with E-state index >= 15 is 0 Å². The molecule has 138 valence electrons. The van der Waals surface area contributed by atoms with Gasteiger partial charge in [0, 0.05) is 17.5 Å². The van der Waals surface area contributed by atoms with Crippen LogP contribution in [0.3, 0.4) is 0 Å². The van der Waals surface area contributed by atoms with Crippen molar-refractivity contribution in [2.24, 2.45) is 23.2 Å². The molecule has 0 unspecified atom stereocenters. The van der Waals surface area contributed by atoms with Crippen molar-refractivity contribution in [2.75, 3.05) is 0 Å². The first-order chi connectivity index (χ1) is 12.5. The Kier molecular flexibility index (Phi) is 4.78. The van der Waals surface area contributed by atoms with E-state index in [0.29, 0.717) is 11.4 Å². The second-order valence-corrected chi connectivity index (χ2v) is 8.95. The molecule has 0 saturated heterocycles. The van der Waals surface area contributed by atoms with Crippen molar-refractivity contribution in [3.63, 3.8) is 0 Å². The van der Waals surface area contributed by atoms with Gasteiger partial charge in [-0.25, -0.2) is 0 Å². The van der Waals surface area contributed by atoms with E-state index in [0.717, 1.165) is 23.3 Å². The molecule has 0 aliphatic heterocycles. The average molecular weight is 373 g/mol. The zero-order chi connectivity index (χ0) is 18.1. The normalized spacial score (nSPS) is 32.0. The topological polar surface area (TPSA) is 58.2 Å². The first-order valence-corrected chi connectivity index (χ1v) is 9.90. The van der Waals surface area contributed by atoms with Crippen LogP contribution in [0, 0.1) is 23.2 Å². The highest BCUT2D eigenvalue weighted by atomic mass is 35.5. The van der Waals surface area contributed by atoms with E-state index in [1.165, 1.54) is 44.6 Å². The van der Waals surface area contributed by atoms with Gasteiger partial charge in [0.2, 0.25) is 5.91 Å². The molecule has 4 nitrogen and oxygen atoms in total. The van der Waals surface area contributed by atoms with E-state index in [4.69, 9.17) is 11.6 Å². The number of amides is 2. The summed E-state index contributed by atoms with van der Waals surface area (Å²) < 4.78 is 0. The fraction of sp³-hybridized carbons (Fsp3) is 0.524. The number of hydrogen-bond donors (Lipinski definition) is 2. The van der Waals surface area contributed by atoms with E-state index in [9.17, 15) is 9.59 Å². The summed E-state index contributed by atoms with van der Waals surface area (Å²) in [7, 11) is 0. The highest BCUT2D eigenvalue weighted by molar-refractivity contribution is 6.30. The number of halogens is 1. The second kappa shape index (κ2) is 7.07. The van der Waals surface area contributed by atoms with Crippen LogP contribution in [0.1, 0.15) is 50.5 Å². The SMILES string of the molecule is O=C(/C=C/c1ccc(Cl)cc1)NNC(=O)CC12CC3CC(CC(C3)C1)C2. The fourth-order valence-corrected chi connectivity index (χ4v) is 5.94. The third-order valence-corrected chi connectivity index (χ3v) is 6.57. The zero-order valence-corrected chi connectivity index (χ0v) is 15.6. The lowest BCUT2D eigenvalue weighted by atomic mass is 9.49. The number of hydrazine groups is 1. The smallest absolute Gasteiger partial charge is 0.262 e. The monoisotopic (exact) mass is 372 g/mol. The third kappa shape index (κ3) is 3.96. The molecule has 4 aliphatic rings. The minimum absolute atomic E-state index is 0.0693. The molecule has 2 amide bonds. The first kappa shape index (κ1) is 17.6. The standard InChI is InChI=1S/C21H25ClN2O2/c22-18-4-1-14(2-5-18)3-6-19(25)23-24-20(26)13-21-10-15-7-16(11-21)9-17(8-15)12-21/h1-6,15-17H,7-13H2,(H,23,25)(H,24,26)/b6-3+. The van der Waals surface area contributed by atoms with E-state index in [-0.39, 0.29) is 17.2 Å². The van der Waals surface area contributed by atoms with Crippen molar-refractivity contribution in [2.45, 2.75) is 44.9 Å². The third-order valence-electron chi connectivity index (χ3n) is 6.32. The molecule has 5 rings (SSSR count). The van der Waals surface area contributed by atoms with Crippen molar-refractivity contribution in [1.82, 2.24) is 10.9 Å². The molecule has 0 radical (unpaired) electrons. The van der Waals surface area contributed by atoms with E-state index in [2.05, 4.69) is 10.9 Å². The van der Waals surface area contributed by atoms with Gasteiger partial charge >= 0.3 is 0 Å². The molecule has 1 aromatic rings. The van der Waals surface area contributed by atoms with E-state index < -0.39 is 0 Å². The Labute approximate surface area is 159 Å². The van der Waals surface area contributed by atoms with Crippen LogP contribution >= 0.6 is 11.6 Å². The minimum atomic E-state index is -0.334. The van der Waals surface area contributed by atoms with Gasteiger partial charge in [-0.05, 0) is 85.5 Å². The van der Waals surface area contributed by atoms with Gasteiger partial charge in [0.25, 0.3) is 5.91 Å². The molecule has 4 saturated carbocycles. The molecule has 26 heavy (non-hydrogen) atoms. The van der Waals surface area contributed by atoms with Crippen molar-refractivity contribution < 1.29 is 9.59 Å². The number of rotatable bonds is 4. The summed E-state index contributed by atoms with van der Waals surface area (Å²) in [5.41, 5.74) is 6.15. The van der Waals surface area contributed by atoms with Crippen LogP contribution in [-0.2, 0) is 9.59 Å². The van der Waals surface area contributed by atoms with Gasteiger partial charge in [-0.3, -0.25) is 20.4 Å². The molecule has 0 atom stereocenters. The lowest BCUT2D eigenvalue weighted by Gasteiger charge is -2.56. The highest BCUT2D eigenvalue weighted by Crippen LogP contribution is 2.61. The molecular formula is C21H25ClN2O2. The number of carbonyl (C=O) groups excluding carboxylic acids is 2. The van der Waals surface area contributed by atoms with Crippen LogP contribution in [0.4, 0.5) is 0 Å². The lowest BCUT2D eigenvalue weighted by Crippen LogP contribution is -2.49. The summed E-state index contributed by atoms with van der Waals surface area (Å²) in [4.78, 5) is 24.3. The largest absolute Gasteiger partial charge is 0.273 e. The van der Waals surface area contributed by atoms with E-state index in [1.54, 1.807) is 18.2 Å². The fourth-order valence-electron chi connectivity index (χ4n) is 5.81. The van der Waals surface area contributed by atoms with Gasteiger partial charge in [-0.15, -0.1) is 0 Å². The summed E-state index contributed by atoms with van der Waals surface area (Å²) in [5, 5.41) is 0.656. The van der Waals surface area contributed by atoms with Crippen LogP contribution < -0.4 is 10.9 Å². The predicted octanol–water partition coefficient (Wildman–Crippen LogP) is 4.11. The quantitative estimate of drug-likeness (QED) is 0.617. The second-order valence-electron chi connectivity index (χ2n) is 8.52. The Morgan fingerprint density at radius 1 is 1.00 bits per heavy atom. The maximum atomic E-state index is 12.4. The lowest BCUT2D eigenvalue weighted by molar-refractivity contribution is -0.133. The summed E-state index contributed by atoms with van der Waals surface area (Å²) in [5.74, 6) is 2.07. The molecule has 1 aromatic carbocycles. The number of nitrogens with one attached hydrogen (secondary N) is 2. The molecular weight excluding hydrogens is 348 g/mol. The molecule has 0 heterocycles. The van der Waals surface area contributed by atoms with Crippen LogP contribution in [0.2, 0.25) is 5.02 Å². The van der Waals surface area contributed by atoms with Crippen molar-refractivity contribution in [3.05, 3.63) is 40.9 Å². The summed E-state index contributed by atoms with van der Waals surface area (Å²) in [6.45, 7) is 0. The summed E-state index contributed by atoms with van der Waals surface area (Å²) >= 11 is 5.84. The Morgan fingerprint density at radius 2 is 1.58 bits per heavy atom. The molecule has 0 aromatic heterocycles. The summed E-state index contributed by atoms with van der Waals surface area (Å²) in [6, 6.07) is 7.20. The van der Waals surface area contributed by atoms with Crippen LogP contribution in [0.25, 0.3) is 6.08 Å². The number of carbonyl (C=O) groups is 2. The predicted molar refractivity (Wildman–Crippen MR) is 102 cm³/mol. The Bertz CT molecular complexity index is 691. The molecule has 4 aliphatic carbocycles. The molecule has 5 heteroatoms. The van der Waals surface area contributed by atoms with Gasteiger partial charge in [-0.1, -0.05) is 23.7 Å². The molecule has 2 N–H and O–H groups in total. The van der Waals surface area contributed by atoms with Crippen LogP contribution in [0.15, 0.2) is 30.3 Å². The number of hydrogen-bond acceptors (Lipinski definition) is 2. The maximum absolute atomic E-state index is 12.4. The Morgan fingerprint density at radius 3 is 2.15 bits per heavy atom. The highest BCUT2D eigenvalue weighted by Gasteiger charge is 2.51. The van der Waals surface area contributed by atoms with Gasteiger partial charge in [0.15, 0.2) is 0 Å². The molecule has 0 spiro atoms. The van der Waals surface area contributed by atoms with Gasteiger partial charge in [-0.2, -0.15) is 0 Å². The van der Waals surface area contributed by atoms with Gasteiger partial charge < -0.3 is 0 Å². The zero-order valence-electron chi connectivity index (χ0n) is 14.8. The number of benzene rings is 1. The van der Waals surface area contributed by atoms with Crippen molar-refractivity contribution >= 4 is 29.5 Å². The van der Waals surface area contributed by atoms with Crippen LogP contribution in [-0.4, -0.2) is 11.8 Å². The first-order valence-electron chi connectivity index (χ1n) is 9.52. The minimum Gasteiger partial charge on any atom is -0.273 e. The molecule has 4 bridgehead atoms. The summed E-state index contributed by atoms with van der Waals surface area (Å²) in [6.07, 6.45) is 11.3. The Hall–Kier alpha value is -1.81. The maximum Gasteiger partial charge on any atom is 0.262 e. The molecule has 4 fully saturated rings. The van der Waals surface area contributed by atoms with Crippen molar-refractivity contribution in [1.29, 1.82) is 0 Å². The average Bonchev–Trinajstić information content (AvgIpc) is 2.58. The van der Waals surface area contributed by atoms with E-state index in [1.807, 2.05) is 12.1 Å².